The smallest absolute Gasteiger partial charge is 0.134 e. The molecular formula is C13H12BrNOS. The number of halogens is 1. The van der Waals surface area contributed by atoms with E-state index in [4.69, 9.17) is 10.5 Å². The number of hydrogen-bond donors (Lipinski definition) is 1. The lowest BCUT2D eigenvalue weighted by molar-refractivity contribution is 0.405. The zero-order chi connectivity index (χ0) is 12.3. The van der Waals surface area contributed by atoms with Crippen LogP contribution in [0.3, 0.4) is 0 Å². The summed E-state index contributed by atoms with van der Waals surface area (Å²) < 4.78 is 6.37. The summed E-state index contributed by atoms with van der Waals surface area (Å²) in [6, 6.07) is 13.7. The third-order valence-electron chi connectivity index (χ3n) is 2.28. The second-order valence-corrected chi connectivity index (χ2v) is 5.32. The zero-order valence-corrected chi connectivity index (χ0v) is 11.7. The topological polar surface area (TPSA) is 35.2 Å². The number of nitrogens with two attached hydrogens (primary N) is 1. The minimum absolute atomic E-state index is 0.727. The van der Waals surface area contributed by atoms with Crippen molar-refractivity contribution in [3.8, 4) is 5.75 Å². The third-order valence-corrected chi connectivity index (χ3v) is 4.45. The van der Waals surface area contributed by atoms with E-state index in [1.807, 2.05) is 42.5 Å². The van der Waals surface area contributed by atoms with Crippen LogP contribution in [0.2, 0.25) is 0 Å². The number of rotatable bonds is 3. The average Bonchev–Trinajstić information content (AvgIpc) is 2.34. The first-order valence-corrected chi connectivity index (χ1v) is 6.68. The summed E-state index contributed by atoms with van der Waals surface area (Å²) in [6.07, 6.45) is 0. The average molecular weight is 310 g/mol. The molecule has 0 saturated heterocycles. The van der Waals surface area contributed by atoms with Gasteiger partial charge in [-0.3, -0.25) is 0 Å². The highest BCUT2D eigenvalue weighted by atomic mass is 79.9. The summed E-state index contributed by atoms with van der Waals surface area (Å²) in [7, 11) is 1.65. The van der Waals surface area contributed by atoms with Crippen LogP contribution in [-0.4, -0.2) is 7.11 Å². The van der Waals surface area contributed by atoms with Crippen LogP contribution in [0.25, 0.3) is 0 Å². The molecule has 88 valence electrons. The molecule has 2 N–H and O–H groups in total. The van der Waals surface area contributed by atoms with E-state index in [1.54, 1.807) is 18.9 Å². The first kappa shape index (κ1) is 12.3. The van der Waals surface area contributed by atoms with E-state index >= 15 is 0 Å². The van der Waals surface area contributed by atoms with Crippen LogP contribution in [-0.2, 0) is 0 Å². The quantitative estimate of drug-likeness (QED) is 0.863. The molecule has 0 aromatic heterocycles. The van der Waals surface area contributed by atoms with E-state index in [1.165, 1.54) is 0 Å². The molecule has 0 heterocycles. The van der Waals surface area contributed by atoms with E-state index in [9.17, 15) is 0 Å². The van der Waals surface area contributed by atoms with Gasteiger partial charge in [0.05, 0.1) is 12.0 Å². The summed E-state index contributed by atoms with van der Waals surface area (Å²) in [4.78, 5) is 2.06. The fraction of sp³-hybridized carbons (Fsp3) is 0.0769. The van der Waals surface area contributed by atoms with Gasteiger partial charge in [-0.2, -0.15) is 0 Å². The van der Waals surface area contributed by atoms with Crippen molar-refractivity contribution in [2.75, 3.05) is 12.8 Å². The number of methoxy groups -OCH3 is 1. The molecule has 2 rings (SSSR count). The molecule has 0 bridgehead atoms. The fourth-order valence-corrected chi connectivity index (χ4v) is 2.94. The van der Waals surface area contributed by atoms with Crippen molar-refractivity contribution < 1.29 is 4.74 Å². The maximum atomic E-state index is 5.98. The Morgan fingerprint density at radius 3 is 2.59 bits per heavy atom. The summed E-state index contributed by atoms with van der Waals surface area (Å²) >= 11 is 5.12. The highest BCUT2D eigenvalue weighted by Gasteiger charge is 2.10. The van der Waals surface area contributed by atoms with Crippen molar-refractivity contribution >= 4 is 33.4 Å². The van der Waals surface area contributed by atoms with Crippen molar-refractivity contribution in [3.05, 3.63) is 46.9 Å². The molecule has 0 amide bonds. The Kier molecular flexibility index (Phi) is 3.97. The molecule has 0 spiro atoms. The Morgan fingerprint density at radius 1 is 1.12 bits per heavy atom. The molecule has 0 saturated carbocycles. The van der Waals surface area contributed by atoms with Gasteiger partial charge in [-0.15, -0.1) is 0 Å². The lowest BCUT2D eigenvalue weighted by Crippen LogP contribution is -1.92. The van der Waals surface area contributed by atoms with Crippen molar-refractivity contribution in [2.45, 2.75) is 9.79 Å². The summed E-state index contributed by atoms with van der Waals surface area (Å²) in [6.45, 7) is 0. The molecule has 0 aliphatic heterocycles. The second-order valence-electron chi connectivity index (χ2n) is 3.41. The molecule has 17 heavy (non-hydrogen) atoms. The first-order chi connectivity index (χ1) is 8.22. The molecule has 0 radical (unpaired) electrons. The van der Waals surface area contributed by atoms with Gasteiger partial charge in [-0.05, 0) is 40.2 Å². The Morgan fingerprint density at radius 2 is 1.88 bits per heavy atom. The maximum absolute atomic E-state index is 5.98. The van der Waals surface area contributed by atoms with Crippen LogP contribution in [0.15, 0.2) is 56.7 Å². The predicted octanol–water partition coefficient (Wildman–Crippen LogP) is 4.19. The Hall–Kier alpha value is -1.13. The monoisotopic (exact) mass is 309 g/mol. The van der Waals surface area contributed by atoms with Crippen LogP contribution < -0.4 is 10.5 Å². The van der Waals surface area contributed by atoms with E-state index in [2.05, 4.69) is 15.9 Å². The highest BCUT2D eigenvalue weighted by molar-refractivity contribution is 9.10. The summed E-state index contributed by atoms with van der Waals surface area (Å²) in [5.74, 6) is 0.797. The molecular weight excluding hydrogens is 298 g/mol. The highest BCUT2D eigenvalue weighted by Crippen LogP contribution is 2.41. The number of anilines is 1. The fourth-order valence-electron chi connectivity index (χ4n) is 1.44. The van der Waals surface area contributed by atoms with Gasteiger partial charge in [0.15, 0.2) is 0 Å². The molecule has 0 atom stereocenters. The van der Waals surface area contributed by atoms with Gasteiger partial charge < -0.3 is 10.5 Å². The predicted molar refractivity (Wildman–Crippen MR) is 75.7 cm³/mol. The van der Waals surface area contributed by atoms with Gasteiger partial charge in [0.25, 0.3) is 0 Å². The van der Waals surface area contributed by atoms with Gasteiger partial charge >= 0.3 is 0 Å². The zero-order valence-electron chi connectivity index (χ0n) is 9.31. The third kappa shape index (κ3) is 2.76. The molecule has 0 unspecified atom stereocenters. The standard InChI is InChI=1S/C13H12BrNOS/c1-16-11-7-4-6-10(15)13(11)17-12-8-3-2-5-9(12)14/h2-8H,15H2,1H3. The Bertz CT molecular complexity index is 531. The first-order valence-electron chi connectivity index (χ1n) is 5.07. The minimum atomic E-state index is 0.727. The van der Waals surface area contributed by atoms with Crippen LogP contribution in [0.4, 0.5) is 5.69 Å². The van der Waals surface area contributed by atoms with Crippen LogP contribution in [0, 0.1) is 0 Å². The summed E-state index contributed by atoms with van der Waals surface area (Å²) in [5, 5.41) is 0. The van der Waals surface area contributed by atoms with E-state index in [0.717, 1.165) is 25.7 Å². The molecule has 0 fully saturated rings. The number of nitrogen functional groups attached to an aromatic ring is 1. The van der Waals surface area contributed by atoms with Gasteiger partial charge in [0, 0.05) is 15.1 Å². The van der Waals surface area contributed by atoms with Crippen LogP contribution >= 0.6 is 27.7 Å². The molecule has 0 aliphatic rings. The van der Waals surface area contributed by atoms with E-state index < -0.39 is 0 Å². The molecule has 2 aromatic rings. The van der Waals surface area contributed by atoms with Crippen molar-refractivity contribution in [2.24, 2.45) is 0 Å². The molecule has 4 heteroatoms. The number of ether oxygens (including phenoxy) is 1. The lowest BCUT2D eigenvalue weighted by atomic mass is 10.3. The van der Waals surface area contributed by atoms with Crippen molar-refractivity contribution in [1.29, 1.82) is 0 Å². The van der Waals surface area contributed by atoms with Crippen LogP contribution in [0.5, 0.6) is 5.75 Å². The van der Waals surface area contributed by atoms with Crippen molar-refractivity contribution in [3.63, 3.8) is 0 Å². The van der Waals surface area contributed by atoms with Crippen molar-refractivity contribution in [1.82, 2.24) is 0 Å². The van der Waals surface area contributed by atoms with E-state index in [0.29, 0.717) is 0 Å². The Balaban J connectivity index is 2.39. The SMILES string of the molecule is COc1cccc(N)c1Sc1ccccc1Br. The van der Waals surface area contributed by atoms with Crippen LogP contribution in [0.1, 0.15) is 0 Å². The van der Waals surface area contributed by atoms with Gasteiger partial charge in [-0.25, -0.2) is 0 Å². The lowest BCUT2D eigenvalue weighted by Gasteiger charge is -2.11. The normalized spacial score (nSPS) is 10.2. The maximum Gasteiger partial charge on any atom is 0.134 e. The summed E-state index contributed by atoms with van der Waals surface area (Å²) in [5.41, 5.74) is 6.71. The largest absolute Gasteiger partial charge is 0.495 e. The molecule has 0 aliphatic carbocycles. The second kappa shape index (κ2) is 5.47. The van der Waals surface area contributed by atoms with Gasteiger partial charge in [0.1, 0.15) is 5.75 Å². The number of hydrogen-bond acceptors (Lipinski definition) is 3. The van der Waals surface area contributed by atoms with Gasteiger partial charge in [0.2, 0.25) is 0 Å². The number of benzene rings is 2. The molecule has 2 aromatic carbocycles. The Labute approximate surface area is 113 Å². The van der Waals surface area contributed by atoms with Gasteiger partial charge in [-0.1, -0.05) is 30.0 Å². The minimum Gasteiger partial charge on any atom is -0.495 e. The van der Waals surface area contributed by atoms with E-state index in [-0.39, 0.29) is 0 Å². The molecule has 2 nitrogen and oxygen atoms in total.